The van der Waals surface area contributed by atoms with Gasteiger partial charge in [0.1, 0.15) is 11.9 Å². The van der Waals surface area contributed by atoms with Crippen LogP contribution in [0.5, 0.6) is 0 Å². The molecule has 2 aromatic heterocycles. The Morgan fingerprint density at radius 2 is 1.88 bits per heavy atom. The van der Waals surface area contributed by atoms with Crippen LogP contribution in [-0.2, 0) is 12.0 Å². The lowest BCUT2D eigenvalue weighted by atomic mass is 9.87. The number of hydrogen-bond acceptors (Lipinski definition) is 4. The number of thiophene rings is 1. The highest BCUT2D eigenvalue weighted by Gasteiger charge is 2.16. The molecule has 1 amide bonds. The van der Waals surface area contributed by atoms with Gasteiger partial charge in [-0.2, -0.15) is 0 Å². The van der Waals surface area contributed by atoms with Crippen LogP contribution >= 0.6 is 11.3 Å². The minimum Gasteiger partial charge on any atom is -0.466 e. The van der Waals surface area contributed by atoms with Crippen LogP contribution in [0.15, 0.2) is 59.2 Å². The topological polar surface area (TPSA) is 62.5 Å². The van der Waals surface area contributed by atoms with Crippen molar-refractivity contribution in [2.45, 2.75) is 38.8 Å². The Kier molecular flexibility index (Phi) is 5.30. The maximum Gasteiger partial charge on any atom is 0.251 e. The molecule has 3 rings (SSSR count). The van der Waals surface area contributed by atoms with Crippen molar-refractivity contribution in [1.29, 1.82) is 0 Å². The van der Waals surface area contributed by atoms with Gasteiger partial charge in [-0.25, -0.2) is 0 Å². The maximum absolute atomic E-state index is 12.3. The van der Waals surface area contributed by atoms with Gasteiger partial charge < -0.3 is 14.8 Å². The lowest BCUT2D eigenvalue weighted by Gasteiger charge is -2.19. The second kappa shape index (κ2) is 7.48. The second-order valence-corrected chi connectivity index (χ2v) is 8.43. The van der Waals surface area contributed by atoms with Crippen molar-refractivity contribution in [1.82, 2.24) is 5.32 Å². The summed E-state index contributed by atoms with van der Waals surface area (Å²) in [5, 5.41) is 13.2. The highest BCUT2D eigenvalue weighted by atomic mass is 32.1. The average molecular weight is 369 g/mol. The first-order valence-corrected chi connectivity index (χ1v) is 9.35. The number of furan rings is 1. The van der Waals surface area contributed by atoms with Gasteiger partial charge in [0.25, 0.3) is 5.91 Å². The Bertz CT molecular complexity index is 858. The summed E-state index contributed by atoms with van der Waals surface area (Å²) >= 11 is 1.46. The van der Waals surface area contributed by atoms with Crippen molar-refractivity contribution in [3.63, 3.8) is 0 Å². The van der Waals surface area contributed by atoms with Gasteiger partial charge in [-0.3, -0.25) is 4.79 Å². The summed E-state index contributed by atoms with van der Waals surface area (Å²) in [6.45, 7) is 6.87. The van der Waals surface area contributed by atoms with Crippen molar-refractivity contribution >= 4 is 17.2 Å². The van der Waals surface area contributed by atoms with E-state index in [-0.39, 0.29) is 11.3 Å². The Morgan fingerprint density at radius 3 is 2.50 bits per heavy atom. The van der Waals surface area contributed by atoms with Gasteiger partial charge in [0.05, 0.1) is 12.8 Å². The van der Waals surface area contributed by atoms with E-state index in [1.54, 1.807) is 12.1 Å². The summed E-state index contributed by atoms with van der Waals surface area (Å²) in [5.41, 5.74) is 1.91. The van der Waals surface area contributed by atoms with Crippen LogP contribution in [0.4, 0.5) is 0 Å². The molecule has 1 aromatic carbocycles. The van der Waals surface area contributed by atoms with E-state index >= 15 is 0 Å². The van der Waals surface area contributed by atoms with Crippen LogP contribution in [0.25, 0.3) is 0 Å². The van der Waals surface area contributed by atoms with E-state index in [2.05, 4.69) is 26.1 Å². The van der Waals surface area contributed by atoms with E-state index in [1.807, 2.05) is 36.4 Å². The van der Waals surface area contributed by atoms with Gasteiger partial charge in [-0.15, -0.1) is 11.3 Å². The normalized spacial score (nSPS) is 12.8. The zero-order chi connectivity index (χ0) is 18.7. The Hall–Kier alpha value is -2.37. The summed E-state index contributed by atoms with van der Waals surface area (Å²) in [7, 11) is 0. The SMILES string of the molecule is CC(C)(C)c1ccc(C(=O)NCc2ccc([C@H](O)c3ccco3)s2)cc1. The molecule has 2 heterocycles. The number of amides is 1. The zero-order valence-corrected chi connectivity index (χ0v) is 16.0. The molecule has 3 aromatic rings. The molecule has 0 saturated carbocycles. The Balaban J connectivity index is 1.60. The number of carbonyl (C=O) groups is 1. The molecule has 1 atom stereocenters. The molecule has 0 aliphatic carbocycles. The van der Waals surface area contributed by atoms with Gasteiger partial charge in [0, 0.05) is 15.3 Å². The third-order valence-corrected chi connectivity index (χ3v) is 5.34. The lowest BCUT2D eigenvalue weighted by Crippen LogP contribution is -2.22. The molecule has 0 spiro atoms. The molecule has 5 heteroatoms. The van der Waals surface area contributed by atoms with E-state index in [0.717, 1.165) is 9.75 Å². The number of aliphatic hydroxyl groups excluding tert-OH is 1. The molecule has 0 radical (unpaired) electrons. The standard InChI is InChI=1S/C21H23NO3S/c1-21(2,3)15-8-6-14(7-9-15)20(24)22-13-16-10-11-18(26-16)19(23)17-5-4-12-25-17/h4-12,19,23H,13H2,1-3H3,(H,22,24)/t19-/m1/s1. The number of nitrogens with one attached hydrogen (secondary N) is 1. The predicted molar refractivity (Wildman–Crippen MR) is 103 cm³/mol. The molecule has 2 N–H and O–H groups in total. The highest BCUT2D eigenvalue weighted by Crippen LogP contribution is 2.28. The average Bonchev–Trinajstić information content (AvgIpc) is 3.30. The van der Waals surface area contributed by atoms with Crippen molar-refractivity contribution in [2.24, 2.45) is 0 Å². The fraction of sp³-hybridized carbons (Fsp3) is 0.286. The largest absolute Gasteiger partial charge is 0.466 e. The van der Waals surface area contributed by atoms with Crippen molar-refractivity contribution in [2.75, 3.05) is 0 Å². The van der Waals surface area contributed by atoms with Crippen LogP contribution in [0, 0.1) is 0 Å². The van der Waals surface area contributed by atoms with Gasteiger partial charge in [-0.1, -0.05) is 32.9 Å². The van der Waals surface area contributed by atoms with Gasteiger partial charge in [-0.05, 0) is 47.4 Å². The zero-order valence-electron chi connectivity index (χ0n) is 15.2. The highest BCUT2D eigenvalue weighted by molar-refractivity contribution is 7.12. The van der Waals surface area contributed by atoms with Gasteiger partial charge in [0.2, 0.25) is 0 Å². The summed E-state index contributed by atoms with van der Waals surface area (Å²) in [4.78, 5) is 14.1. The molecule has 0 saturated heterocycles. The summed E-state index contributed by atoms with van der Waals surface area (Å²) in [6, 6.07) is 15.0. The van der Waals surface area contributed by atoms with E-state index in [9.17, 15) is 9.90 Å². The molecule has 26 heavy (non-hydrogen) atoms. The number of rotatable bonds is 5. The molecular weight excluding hydrogens is 346 g/mol. The minimum absolute atomic E-state index is 0.0667. The van der Waals surface area contributed by atoms with Crippen LogP contribution in [0.2, 0.25) is 0 Å². The molecule has 0 fully saturated rings. The second-order valence-electron chi connectivity index (χ2n) is 7.23. The summed E-state index contributed by atoms with van der Waals surface area (Å²) in [6.07, 6.45) is 0.766. The Morgan fingerprint density at radius 1 is 1.15 bits per heavy atom. The monoisotopic (exact) mass is 369 g/mol. The molecular formula is C21H23NO3S. The third-order valence-electron chi connectivity index (χ3n) is 4.20. The number of benzene rings is 1. The quantitative estimate of drug-likeness (QED) is 0.688. The van der Waals surface area contributed by atoms with Crippen LogP contribution < -0.4 is 5.32 Å². The van der Waals surface area contributed by atoms with Gasteiger partial charge in [0.15, 0.2) is 0 Å². The smallest absolute Gasteiger partial charge is 0.251 e. The fourth-order valence-electron chi connectivity index (χ4n) is 2.61. The van der Waals surface area contributed by atoms with Crippen molar-refractivity contribution < 1.29 is 14.3 Å². The first kappa shape index (κ1) is 18.4. The maximum atomic E-state index is 12.3. The van der Waals surface area contributed by atoms with Crippen molar-refractivity contribution in [3.05, 3.63) is 81.4 Å². The molecule has 0 aliphatic rings. The van der Waals surface area contributed by atoms with Crippen LogP contribution in [-0.4, -0.2) is 11.0 Å². The van der Waals surface area contributed by atoms with E-state index < -0.39 is 6.10 Å². The van der Waals surface area contributed by atoms with Gasteiger partial charge >= 0.3 is 0 Å². The molecule has 136 valence electrons. The fourth-order valence-corrected chi connectivity index (χ4v) is 3.56. The lowest BCUT2D eigenvalue weighted by molar-refractivity contribution is 0.0951. The number of hydrogen-bond donors (Lipinski definition) is 2. The van der Waals surface area contributed by atoms with Crippen LogP contribution in [0.3, 0.4) is 0 Å². The summed E-state index contributed by atoms with van der Waals surface area (Å²) in [5.74, 6) is 0.411. The molecule has 4 nitrogen and oxygen atoms in total. The predicted octanol–water partition coefficient (Wildman–Crippen LogP) is 4.65. The first-order chi connectivity index (χ1) is 12.3. The van der Waals surface area contributed by atoms with Crippen LogP contribution in [0.1, 0.15) is 58.3 Å². The number of carbonyl (C=O) groups excluding carboxylic acids is 1. The molecule has 0 aliphatic heterocycles. The van der Waals surface area contributed by atoms with E-state index in [4.69, 9.17) is 4.42 Å². The number of aliphatic hydroxyl groups is 1. The molecule has 0 unspecified atom stereocenters. The third kappa shape index (κ3) is 4.23. The molecule has 0 bridgehead atoms. The first-order valence-electron chi connectivity index (χ1n) is 8.53. The van der Waals surface area contributed by atoms with E-state index in [1.165, 1.54) is 23.2 Å². The summed E-state index contributed by atoms with van der Waals surface area (Å²) < 4.78 is 5.24. The Labute approximate surface area is 157 Å². The van der Waals surface area contributed by atoms with Crippen molar-refractivity contribution in [3.8, 4) is 0 Å². The van der Waals surface area contributed by atoms with E-state index in [0.29, 0.717) is 17.9 Å². The minimum atomic E-state index is -0.774.